The standard InChI is InChI=1S/C37H24O2/c38-36-32-19-7-8-20-35(32)39-37-33(30-18-10-16-28(22-30)26-13-5-2-6-14-26)23-31(24-34(36)37)29-17-9-15-27(21-29)25-11-3-1-4-12-25/h1-24H. The minimum atomic E-state index is -0.0200. The third-order valence-corrected chi connectivity index (χ3v) is 7.26. The minimum absolute atomic E-state index is 0.0200. The third-order valence-electron chi connectivity index (χ3n) is 7.26. The second-order valence-electron chi connectivity index (χ2n) is 9.72. The van der Waals surface area contributed by atoms with Crippen LogP contribution in [0.4, 0.5) is 0 Å². The quantitative estimate of drug-likeness (QED) is 0.225. The van der Waals surface area contributed by atoms with Crippen molar-refractivity contribution in [2.75, 3.05) is 0 Å². The molecule has 2 nitrogen and oxygen atoms in total. The summed E-state index contributed by atoms with van der Waals surface area (Å²) < 4.78 is 6.44. The van der Waals surface area contributed by atoms with Crippen LogP contribution in [0, 0.1) is 0 Å². The molecular formula is C37H24O2. The van der Waals surface area contributed by atoms with Gasteiger partial charge in [0.15, 0.2) is 0 Å². The summed E-state index contributed by atoms with van der Waals surface area (Å²) >= 11 is 0. The van der Waals surface area contributed by atoms with Crippen LogP contribution in [0.3, 0.4) is 0 Å². The predicted molar refractivity (Wildman–Crippen MR) is 162 cm³/mol. The first-order chi connectivity index (χ1) is 19.2. The molecule has 0 unspecified atom stereocenters. The molecule has 0 radical (unpaired) electrons. The Morgan fingerprint density at radius 2 is 0.897 bits per heavy atom. The molecule has 2 heteroatoms. The fraction of sp³-hybridized carbons (Fsp3) is 0. The molecular weight excluding hydrogens is 476 g/mol. The van der Waals surface area contributed by atoms with Gasteiger partial charge < -0.3 is 4.42 Å². The molecule has 0 aliphatic heterocycles. The highest BCUT2D eigenvalue weighted by Gasteiger charge is 2.16. The number of hydrogen-bond donors (Lipinski definition) is 0. The first-order valence-corrected chi connectivity index (χ1v) is 13.1. The lowest BCUT2D eigenvalue weighted by molar-refractivity contribution is 0.661. The maximum atomic E-state index is 13.8. The van der Waals surface area contributed by atoms with E-state index in [-0.39, 0.29) is 5.43 Å². The number of hydrogen-bond acceptors (Lipinski definition) is 2. The summed E-state index contributed by atoms with van der Waals surface area (Å²) in [6.07, 6.45) is 0. The lowest BCUT2D eigenvalue weighted by atomic mass is 9.92. The molecule has 0 aliphatic carbocycles. The highest BCUT2D eigenvalue weighted by atomic mass is 16.3. The molecule has 0 atom stereocenters. The SMILES string of the molecule is O=c1c2ccccc2oc2c(-c3cccc(-c4ccccc4)c3)cc(-c3cccc(-c4ccccc4)c3)cc12. The summed E-state index contributed by atoms with van der Waals surface area (Å²) in [5, 5.41) is 1.17. The first-order valence-electron chi connectivity index (χ1n) is 13.1. The van der Waals surface area contributed by atoms with Gasteiger partial charge >= 0.3 is 0 Å². The molecule has 6 aromatic carbocycles. The first kappa shape index (κ1) is 22.9. The average molecular weight is 501 g/mol. The summed E-state index contributed by atoms with van der Waals surface area (Å²) in [5.41, 5.74) is 9.63. The monoisotopic (exact) mass is 500 g/mol. The van der Waals surface area contributed by atoms with Gasteiger partial charge in [0, 0.05) is 5.56 Å². The molecule has 0 saturated heterocycles. The minimum Gasteiger partial charge on any atom is -0.455 e. The molecule has 0 N–H and O–H groups in total. The molecule has 184 valence electrons. The van der Waals surface area contributed by atoms with Gasteiger partial charge in [0.25, 0.3) is 0 Å². The normalized spacial score (nSPS) is 11.2. The smallest absolute Gasteiger partial charge is 0.200 e. The van der Waals surface area contributed by atoms with Crippen LogP contribution in [0.1, 0.15) is 0 Å². The lowest BCUT2D eigenvalue weighted by Crippen LogP contribution is -2.03. The van der Waals surface area contributed by atoms with Crippen LogP contribution in [-0.4, -0.2) is 0 Å². The van der Waals surface area contributed by atoms with Gasteiger partial charge in [-0.3, -0.25) is 4.79 Å². The Balaban J connectivity index is 1.49. The van der Waals surface area contributed by atoms with Crippen molar-refractivity contribution in [3.8, 4) is 44.5 Å². The van der Waals surface area contributed by atoms with Crippen LogP contribution < -0.4 is 5.43 Å². The zero-order chi connectivity index (χ0) is 26.2. The highest BCUT2D eigenvalue weighted by molar-refractivity contribution is 6.01. The van der Waals surface area contributed by atoms with Crippen molar-refractivity contribution in [1.29, 1.82) is 0 Å². The number of para-hydroxylation sites is 1. The molecule has 0 saturated carbocycles. The van der Waals surface area contributed by atoms with E-state index in [1.165, 1.54) is 0 Å². The second-order valence-corrected chi connectivity index (χ2v) is 9.72. The van der Waals surface area contributed by atoms with Crippen LogP contribution in [0.15, 0.2) is 155 Å². The Morgan fingerprint density at radius 3 is 1.56 bits per heavy atom. The summed E-state index contributed by atoms with van der Waals surface area (Å²) in [4.78, 5) is 13.8. The van der Waals surface area contributed by atoms with Gasteiger partial charge in [-0.15, -0.1) is 0 Å². The molecule has 1 aromatic heterocycles. The van der Waals surface area contributed by atoms with Crippen molar-refractivity contribution in [3.63, 3.8) is 0 Å². The molecule has 1 heterocycles. The van der Waals surface area contributed by atoms with E-state index >= 15 is 0 Å². The van der Waals surface area contributed by atoms with E-state index in [4.69, 9.17) is 4.42 Å². The summed E-state index contributed by atoms with van der Waals surface area (Å²) in [6.45, 7) is 0. The van der Waals surface area contributed by atoms with Crippen LogP contribution in [0.25, 0.3) is 66.4 Å². The van der Waals surface area contributed by atoms with Crippen molar-refractivity contribution in [2.45, 2.75) is 0 Å². The fourth-order valence-corrected chi connectivity index (χ4v) is 5.29. The summed E-state index contributed by atoms with van der Waals surface area (Å²) in [7, 11) is 0. The molecule has 0 bridgehead atoms. The Kier molecular flexibility index (Phi) is 5.64. The van der Waals surface area contributed by atoms with Crippen molar-refractivity contribution in [3.05, 3.63) is 156 Å². The predicted octanol–water partition coefficient (Wildman–Crippen LogP) is 9.61. The van der Waals surface area contributed by atoms with Crippen LogP contribution in [0.5, 0.6) is 0 Å². The highest BCUT2D eigenvalue weighted by Crippen LogP contribution is 2.37. The van der Waals surface area contributed by atoms with E-state index < -0.39 is 0 Å². The molecule has 0 fully saturated rings. The zero-order valence-corrected chi connectivity index (χ0v) is 21.2. The van der Waals surface area contributed by atoms with Crippen molar-refractivity contribution in [2.24, 2.45) is 0 Å². The molecule has 0 amide bonds. The van der Waals surface area contributed by atoms with Gasteiger partial charge in [-0.25, -0.2) is 0 Å². The van der Waals surface area contributed by atoms with Crippen LogP contribution in [0.2, 0.25) is 0 Å². The summed E-state index contributed by atoms with van der Waals surface area (Å²) in [6, 6.07) is 49.2. The zero-order valence-electron chi connectivity index (χ0n) is 21.2. The maximum Gasteiger partial charge on any atom is 0.200 e. The van der Waals surface area contributed by atoms with E-state index in [0.29, 0.717) is 21.9 Å². The lowest BCUT2D eigenvalue weighted by Gasteiger charge is -2.13. The maximum absolute atomic E-state index is 13.8. The largest absolute Gasteiger partial charge is 0.455 e. The number of fused-ring (bicyclic) bond motifs is 2. The van der Waals surface area contributed by atoms with Gasteiger partial charge in [0.05, 0.1) is 10.8 Å². The Bertz CT molecular complexity index is 2020. The number of rotatable bonds is 4. The van der Waals surface area contributed by atoms with Gasteiger partial charge in [0.1, 0.15) is 11.2 Å². The van der Waals surface area contributed by atoms with E-state index in [1.807, 2.05) is 66.7 Å². The van der Waals surface area contributed by atoms with Crippen LogP contribution in [-0.2, 0) is 0 Å². The molecule has 7 rings (SSSR count). The Labute approximate surface area is 226 Å². The van der Waals surface area contributed by atoms with Gasteiger partial charge in [-0.2, -0.15) is 0 Å². The number of benzene rings is 6. The molecule has 39 heavy (non-hydrogen) atoms. The van der Waals surface area contributed by atoms with Crippen molar-refractivity contribution >= 4 is 21.9 Å². The van der Waals surface area contributed by atoms with Crippen molar-refractivity contribution in [1.82, 2.24) is 0 Å². The van der Waals surface area contributed by atoms with E-state index in [2.05, 4.69) is 78.9 Å². The topological polar surface area (TPSA) is 30.2 Å². The Hall–Kier alpha value is -5.21. The van der Waals surface area contributed by atoms with E-state index in [0.717, 1.165) is 44.5 Å². The van der Waals surface area contributed by atoms with E-state index in [1.54, 1.807) is 0 Å². The molecule has 0 spiro atoms. The van der Waals surface area contributed by atoms with E-state index in [9.17, 15) is 4.79 Å². The Morgan fingerprint density at radius 1 is 0.385 bits per heavy atom. The van der Waals surface area contributed by atoms with Gasteiger partial charge in [-0.1, -0.05) is 109 Å². The average Bonchev–Trinajstić information content (AvgIpc) is 3.02. The van der Waals surface area contributed by atoms with Crippen LogP contribution >= 0.6 is 0 Å². The van der Waals surface area contributed by atoms with Gasteiger partial charge in [-0.05, 0) is 75.3 Å². The van der Waals surface area contributed by atoms with Gasteiger partial charge in [0.2, 0.25) is 5.43 Å². The summed E-state index contributed by atoms with van der Waals surface area (Å²) in [5.74, 6) is 0. The van der Waals surface area contributed by atoms with Crippen molar-refractivity contribution < 1.29 is 4.42 Å². The third kappa shape index (κ3) is 4.22. The molecule has 7 aromatic rings. The molecule has 0 aliphatic rings. The fourth-order valence-electron chi connectivity index (χ4n) is 5.29. The second kappa shape index (κ2) is 9.59.